The molecule has 4 aromatic rings. The predicted molar refractivity (Wildman–Crippen MR) is 137 cm³/mol. The van der Waals surface area contributed by atoms with E-state index in [4.69, 9.17) is 4.74 Å². The number of ether oxygens (including phenoxy) is 1. The fourth-order valence-corrected chi connectivity index (χ4v) is 3.79. The van der Waals surface area contributed by atoms with Gasteiger partial charge in [-0.1, -0.05) is 57.0 Å². The van der Waals surface area contributed by atoms with Gasteiger partial charge in [0.1, 0.15) is 12.4 Å². The molecule has 1 atom stereocenters. The average molecular weight is 473 g/mol. The molecule has 2 aromatic heterocycles. The van der Waals surface area contributed by atoms with Gasteiger partial charge in [-0.25, -0.2) is 9.78 Å². The van der Waals surface area contributed by atoms with E-state index in [2.05, 4.69) is 39.5 Å². The molecule has 0 aliphatic rings. The zero-order valence-corrected chi connectivity index (χ0v) is 20.4. The highest BCUT2D eigenvalue weighted by Crippen LogP contribution is 2.23. The summed E-state index contributed by atoms with van der Waals surface area (Å²) in [6.45, 7) is 6.92. The number of hydrogen-bond acceptors (Lipinski definition) is 5. The van der Waals surface area contributed by atoms with Crippen molar-refractivity contribution < 1.29 is 9.53 Å². The van der Waals surface area contributed by atoms with Crippen molar-refractivity contribution in [3.8, 4) is 17.0 Å². The van der Waals surface area contributed by atoms with E-state index in [0.717, 1.165) is 41.8 Å². The van der Waals surface area contributed by atoms with Gasteiger partial charge in [-0.3, -0.25) is 5.32 Å². The molecule has 1 unspecified atom stereocenters. The van der Waals surface area contributed by atoms with Gasteiger partial charge in [0, 0.05) is 17.8 Å². The van der Waals surface area contributed by atoms with Gasteiger partial charge in [0.15, 0.2) is 0 Å². The summed E-state index contributed by atoms with van der Waals surface area (Å²) < 4.78 is 7.51. The van der Waals surface area contributed by atoms with Gasteiger partial charge in [0.05, 0.1) is 5.69 Å². The predicted octanol–water partition coefficient (Wildman–Crippen LogP) is 5.71. The molecule has 2 N–H and O–H groups in total. The Morgan fingerprint density at radius 3 is 2.51 bits per heavy atom. The number of rotatable bonds is 10. The van der Waals surface area contributed by atoms with Gasteiger partial charge < -0.3 is 10.1 Å². The van der Waals surface area contributed by atoms with Crippen LogP contribution in [0.5, 0.6) is 5.75 Å². The van der Waals surface area contributed by atoms with Crippen molar-refractivity contribution >= 4 is 17.8 Å². The number of carbonyl (C=O) groups is 1. The monoisotopic (exact) mass is 472 g/mol. The lowest BCUT2D eigenvalue weighted by molar-refractivity contribution is 0.248. The lowest BCUT2D eigenvalue weighted by atomic mass is 10.0. The molecule has 2 heterocycles. The SMILES string of the molecule is CC(C)CCCC(C)NC(=O)Nc1nc2nccc(-c3ccc(OCc4ccccc4)cc3)n2n1. The van der Waals surface area contributed by atoms with Crippen LogP contribution in [0.25, 0.3) is 17.0 Å². The van der Waals surface area contributed by atoms with Crippen LogP contribution in [0, 0.1) is 5.92 Å². The molecule has 0 radical (unpaired) electrons. The standard InChI is InChI=1S/C27H32N6O2/c1-19(2)8-7-9-20(3)29-27(34)31-25-30-26-28-17-16-24(33(26)32-25)22-12-14-23(15-13-22)35-18-21-10-5-4-6-11-21/h4-6,10-17,19-20H,7-9,18H2,1-3H3,(H2,29,31,32,34). The van der Waals surface area contributed by atoms with E-state index < -0.39 is 0 Å². The Kier molecular flexibility index (Phi) is 7.92. The summed E-state index contributed by atoms with van der Waals surface area (Å²) in [4.78, 5) is 21.1. The molecule has 0 saturated carbocycles. The van der Waals surface area contributed by atoms with Crippen LogP contribution in [0.15, 0.2) is 66.9 Å². The minimum Gasteiger partial charge on any atom is -0.489 e. The van der Waals surface area contributed by atoms with E-state index in [1.54, 1.807) is 10.7 Å². The van der Waals surface area contributed by atoms with Crippen LogP contribution in [-0.2, 0) is 6.61 Å². The maximum Gasteiger partial charge on any atom is 0.321 e. The summed E-state index contributed by atoms with van der Waals surface area (Å²) in [6, 6.07) is 19.4. The van der Waals surface area contributed by atoms with Crippen LogP contribution in [-0.4, -0.2) is 31.7 Å². The van der Waals surface area contributed by atoms with Crippen molar-refractivity contribution in [2.75, 3.05) is 5.32 Å². The Morgan fingerprint density at radius 2 is 1.77 bits per heavy atom. The summed E-state index contributed by atoms with van der Waals surface area (Å²) in [5.74, 6) is 2.06. The van der Waals surface area contributed by atoms with Crippen LogP contribution in [0.2, 0.25) is 0 Å². The highest BCUT2D eigenvalue weighted by Gasteiger charge is 2.14. The third kappa shape index (κ3) is 6.79. The normalized spacial score (nSPS) is 12.0. The molecule has 0 fully saturated rings. The lowest BCUT2D eigenvalue weighted by Crippen LogP contribution is -2.36. The van der Waals surface area contributed by atoms with E-state index >= 15 is 0 Å². The first-order valence-corrected chi connectivity index (χ1v) is 12.0. The minimum absolute atomic E-state index is 0.0714. The number of amides is 2. The molecule has 0 aliphatic heterocycles. The van der Waals surface area contributed by atoms with E-state index in [9.17, 15) is 4.79 Å². The lowest BCUT2D eigenvalue weighted by Gasteiger charge is -2.14. The second kappa shape index (κ2) is 11.5. The second-order valence-corrected chi connectivity index (χ2v) is 9.10. The van der Waals surface area contributed by atoms with Crippen molar-refractivity contribution in [2.24, 2.45) is 5.92 Å². The highest BCUT2D eigenvalue weighted by molar-refractivity contribution is 5.87. The van der Waals surface area contributed by atoms with Gasteiger partial charge in [0.2, 0.25) is 0 Å². The first kappa shape index (κ1) is 24.2. The van der Waals surface area contributed by atoms with Gasteiger partial charge >= 0.3 is 6.03 Å². The molecule has 35 heavy (non-hydrogen) atoms. The quantitative estimate of drug-likeness (QED) is 0.308. The first-order chi connectivity index (χ1) is 17.0. The fraction of sp³-hybridized carbons (Fsp3) is 0.333. The molecular formula is C27H32N6O2. The maximum absolute atomic E-state index is 12.4. The molecule has 8 nitrogen and oxygen atoms in total. The van der Waals surface area contributed by atoms with Crippen molar-refractivity contribution in [2.45, 2.75) is 52.7 Å². The number of nitrogens with zero attached hydrogens (tertiary/aromatic N) is 4. The molecule has 182 valence electrons. The van der Waals surface area contributed by atoms with Crippen molar-refractivity contribution in [1.29, 1.82) is 0 Å². The summed E-state index contributed by atoms with van der Waals surface area (Å²) >= 11 is 0. The van der Waals surface area contributed by atoms with Gasteiger partial charge in [-0.15, -0.1) is 5.10 Å². The van der Waals surface area contributed by atoms with E-state index in [-0.39, 0.29) is 18.0 Å². The smallest absolute Gasteiger partial charge is 0.321 e. The van der Waals surface area contributed by atoms with Crippen LogP contribution in [0.3, 0.4) is 0 Å². The number of benzene rings is 2. The summed E-state index contributed by atoms with van der Waals surface area (Å²) in [5, 5.41) is 10.1. The number of fused-ring (bicyclic) bond motifs is 1. The number of anilines is 1. The van der Waals surface area contributed by atoms with E-state index in [1.165, 1.54) is 0 Å². The molecule has 4 rings (SSSR count). The number of aromatic nitrogens is 4. The number of nitrogens with one attached hydrogen (secondary N) is 2. The molecule has 0 aliphatic carbocycles. The van der Waals surface area contributed by atoms with Crippen LogP contribution < -0.4 is 15.4 Å². The van der Waals surface area contributed by atoms with Crippen LogP contribution in [0.1, 0.15) is 45.6 Å². The number of hydrogen-bond donors (Lipinski definition) is 2. The average Bonchev–Trinajstić information content (AvgIpc) is 3.25. The van der Waals surface area contributed by atoms with Crippen LogP contribution >= 0.6 is 0 Å². The molecular weight excluding hydrogens is 440 g/mol. The van der Waals surface area contributed by atoms with Crippen molar-refractivity contribution in [3.63, 3.8) is 0 Å². The molecule has 2 amide bonds. The Labute approximate surface area is 205 Å². The zero-order chi connectivity index (χ0) is 24.6. The molecule has 0 spiro atoms. The summed E-state index contributed by atoms with van der Waals surface area (Å²) in [6.07, 6.45) is 4.84. The second-order valence-electron chi connectivity index (χ2n) is 9.10. The van der Waals surface area contributed by atoms with E-state index in [0.29, 0.717) is 18.3 Å². The Hall–Kier alpha value is -3.94. The number of carbonyl (C=O) groups excluding carboxylic acids is 1. The van der Waals surface area contributed by atoms with Gasteiger partial charge in [0.25, 0.3) is 11.7 Å². The van der Waals surface area contributed by atoms with E-state index in [1.807, 2.05) is 67.6 Å². The number of urea groups is 1. The maximum atomic E-state index is 12.4. The van der Waals surface area contributed by atoms with Crippen molar-refractivity contribution in [1.82, 2.24) is 24.9 Å². The van der Waals surface area contributed by atoms with Crippen molar-refractivity contribution in [3.05, 3.63) is 72.4 Å². The van der Waals surface area contributed by atoms with Gasteiger partial charge in [-0.2, -0.15) is 9.50 Å². The Morgan fingerprint density at radius 1 is 1.00 bits per heavy atom. The largest absolute Gasteiger partial charge is 0.489 e. The summed E-state index contributed by atoms with van der Waals surface area (Å²) in [7, 11) is 0. The minimum atomic E-state index is -0.320. The third-order valence-electron chi connectivity index (χ3n) is 5.66. The molecule has 8 heteroatoms. The fourth-order valence-electron chi connectivity index (χ4n) is 3.79. The van der Waals surface area contributed by atoms with Crippen LogP contribution in [0.4, 0.5) is 10.7 Å². The molecule has 0 saturated heterocycles. The molecule has 0 bridgehead atoms. The summed E-state index contributed by atoms with van der Waals surface area (Å²) in [5.41, 5.74) is 2.86. The Balaban J connectivity index is 1.40. The Bertz CT molecular complexity index is 1240. The third-order valence-corrected chi connectivity index (χ3v) is 5.66. The topological polar surface area (TPSA) is 93.4 Å². The molecule has 2 aromatic carbocycles. The first-order valence-electron chi connectivity index (χ1n) is 12.0. The highest BCUT2D eigenvalue weighted by atomic mass is 16.5. The van der Waals surface area contributed by atoms with Gasteiger partial charge in [-0.05, 0) is 55.2 Å². The zero-order valence-electron chi connectivity index (χ0n) is 20.4.